The van der Waals surface area contributed by atoms with Crippen LogP contribution in [0.3, 0.4) is 0 Å². The fraction of sp³-hybridized carbons (Fsp3) is 0.714. The second-order valence-electron chi connectivity index (χ2n) is 14.1. The van der Waals surface area contributed by atoms with Crippen molar-refractivity contribution in [3.8, 4) is 11.8 Å². The molecule has 40 heavy (non-hydrogen) atoms. The van der Waals surface area contributed by atoms with Crippen LogP contribution in [0.5, 0.6) is 0 Å². The maximum atomic E-state index is 11.9. The first-order chi connectivity index (χ1) is 18.5. The van der Waals surface area contributed by atoms with Crippen molar-refractivity contribution in [2.75, 3.05) is 5.75 Å². The predicted molar refractivity (Wildman–Crippen MR) is 176 cm³/mol. The van der Waals surface area contributed by atoms with E-state index in [1.54, 1.807) is 11.1 Å². The topological polar surface area (TPSA) is 49.7 Å². The van der Waals surface area contributed by atoms with E-state index < -0.39 is 18.9 Å². The largest absolute Gasteiger partial charge is 0.410 e. The standard InChI is InChI=1S/C35H56O3SSi/c1-11-29-19-20-30-27(16-14-21-33(29,30)8)17-18-28-24-35(37,39-23-15-22-34(36,12-2)13-3)25-31(26(28)4)38-40(9,10)32(5,6)7/h17-19,30-31,36-37H,4,11-14,16,20-21,23-25H2,1-3,5-10H3/t30-,31-,33+,35-/m0/s1. The number of fused-ring (bicyclic) bond motifs is 1. The summed E-state index contributed by atoms with van der Waals surface area (Å²) in [5.74, 6) is 7.25. The monoisotopic (exact) mass is 584 g/mol. The smallest absolute Gasteiger partial charge is 0.192 e. The molecule has 2 saturated carbocycles. The van der Waals surface area contributed by atoms with Gasteiger partial charge in [-0.05, 0) is 85.6 Å². The lowest BCUT2D eigenvalue weighted by molar-refractivity contribution is 0.0651. The molecule has 0 spiro atoms. The maximum Gasteiger partial charge on any atom is 0.192 e. The first-order valence-electron chi connectivity index (χ1n) is 15.6. The van der Waals surface area contributed by atoms with E-state index in [4.69, 9.17) is 4.43 Å². The Morgan fingerprint density at radius 1 is 1.20 bits per heavy atom. The normalized spacial score (nSPS) is 31.7. The van der Waals surface area contributed by atoms with E-state index in [1.165, 1.54) is 24.6 Å². The molecule has 3 aliphatic carbocycles. The lowest BCUT2D eigenvalue weighted by atomic mass is 9.64. The summed E-state index contributed by atoms with van der Waals surface area (Å²) in [6.07, 6.45) is 15.1. The van der Waals surface area contributed by atoms with E-state index in [0.717, 1.165) is 30.4 Å². The third kappa shape index (κ3) is 7.29. The van der Waals surface area contributed by atoms with Gasteiger partial charge < -0.3 is 14.6 Å². The Balaban J connectivity index is 1.90. The summed E-state index contributed by atoms with van der Waals surface area (Å²) >= 11 is 1.48. The molecule has 0 radical (unpaired) electrons. The van der Waals surface area contributed by atoms with Gasteiger partial charge in [-0.3, -0.25) is 0 Å². The van der Waals surface area contributed by atoms with E-state index in [2.05, 4.69) is 84.4 Å². The Bertz CT molecular complexity index is 1090. The SMILES string of the molecule is C=C1C(=CC=C2CCC[C@]3(C)C(CC)=CC[C@@H]23)C[C@](O)(SCC#CC(O)(CC)CC)C[C@@H]1O[Si](C)(C)C(C)(C)C. The van der Waals surface area contributed by atoms with Gasteiger partial charge in [0.05, 0.1) is 11.9 Å². The summed E-state index contributed by atoms with van der Waals surface area (Å²) in [5.41, 5.74) is 4.63. The Hall–Kier alpha value is -1.03. The third-order valence-corrected chi connectivity index (χ3v) is 16.1. The number of allylic oxidation sites excluding steroid dienone is 5. The lowest BCUT2D eigenvalue weighted by Gasteiger charge is -2.45. The number of aliphatic hydroxyl groups is 2. The zero-order valence-electron chi connectivity index (χ0n) is 26.9. The van der Waals surface area contributed by atoms with E-state index in [9.17, 15) is 10.2 Å². The van der Waals surface area contributed by atoms with Crippen molar-refractivity contribution in [3.05, 3.63) is 47.1 Å². The average Bonchev–Trinajstić information content (AvgIpc) is 3.23. The van der Waals surface area contributed by atoms with Crippen molar-refractivity contribution in [1.82, 2.24) is 0 Å². The van der Waals surface area contributed by atoms with Crippen molar-refractivity contribution in [2.45, 2.75) is 141 Å². The zero-order valence-corrected chi connectivity index (χ0v) is 28.7. The van der Waals surface area contributed by atoms with E-state index in [0.29, 0.717) is 42.8 Å². The molecule has 0 aliphatic heterocycles. The minimum atomic E-state index is -2.09. The molecule has 0 amide bonds. The molecule has 2 fully saturated rings. The van der Waals surface area contributed by atoms with Crippen LogP contribution in [0.2, 0.25) is 18.1 Å². The molecule has 0 saturated heterocycles. The summed E-state index contributed by atoms with van der Waals surface area (Å²) in [6, 6.07) is 0. The van der Waals surface area contributed by atoms with Crippen LogP contribution in [-0.2, 0) is 4.43 Å². The summed E-state index contributed by atoms with van der Waals surface area (Å²) in [7, 11) is -2.09. The van der Waals surface area contributed by atoms with Gasteiger partial charge in [-0.2, -0.15) is 0 Å². The molecular formula is C35H56O3SSi. The minimum absolute atomic E-state index is 0.0666. The number of thioether (sulfide) groups is 1. The Morgan fingerprint density at radius 3 is 2.48 bits per heavy atom. The minimum Gasteiger partial charge on any atom is -0.410 e. The van der Waals surface area contributed by atoms with Gasteiger partial charge in [0.15, 0.2) is 8.32 Å². The van der Waals surface area contributed by atoms with Gasteiger partial charge in [-0.1, -0.05) is 96.3 Å². The summed E-state index contributed by atoms with van der Waals surface area (Å²) in [4.78, 5) is -0.991. The lowest BCUT2D eigenvalue weighted by Crippen LogP contribution is -2.48. The molecule has 5 heteroatoms. The van der Waals surface area contributed by atoms with Gasteiger partial charge in [-0.15, -0.1) is 11.8 Å². The third-order valence-electron chi connectivity index (χ3n) is 10.5. The summed E-state index contributed by atoms with van der Waals surface area (Å²) in [5, 5.41) is 22.6. The van der Waals surface area contributed by atoms with E-state index in [1.807, 2.05) is 13.8 Å². The fourth-order valence-electron chi connectivity index (χ4n) is 6.48. The highest BCUT2D eigenvalue weighted by atomic mass is 32.2. The van der Waals surface area contributed by atoms with Crippen LogP contribution >= 0.6 is 11.8 Å². The molecule has 0 aromatic carbocycles. The van der Waals surface area contributed by atoms with Crippen molar-refractivity contribution in [2.24, 2.45) is 11.3 Å². The van der Waals surface area contributed by atoms with Crippen molar-refractivity contribution in [3.63, 3.8) is 0 Å². The zero-order chi connectivity index (χ0) is 30.0. The van der Waals surface area contributed by atoms with Gasteiger partial charge >= 0.3 is 0 Å². The molecule has 4 atom stereocenters. The average molecular weight is 585 g/mol. The second kappa shape index (κ2) is 12.7. The molecule has 2 N–H and O–H groups in total. The highest BCUT2D eigenvalue weighted by Crippen LogP contribution is 2.55. The van der Waals surface area contributed by atoms with E-state index >= 15 is 0 Å². The van der Waals surface area contributed by atoms with Crippen LogP contribution in [0.1, 0.15) is 106 Å². The number of rotatable bonds is 8. The van der Waals surface area contributed by atoms with Gasteiger partial charge in [0.25, 0.3) is 0 Å². The summed E-state index contributed by atoms with van der Waals surface area (Å²) in [6.45, 7) is 24.5. The molecule has 0 unspecified atom stereocenters. The van der Waals surface area contributed by atoms with Crippen molar-refractivity contribution < 1.29 is 14.6 Å². The van der Waals surface area contributed by atoms with Crippen LogP contribution in [0.15, 0.2) is 47.1 Å². The van der Waals surface area contributed by atoms with Crippen LogP contribution in [0, 0.1) is 23.2 Å². The Morgan fingerprint density at radius 2 is 1.88 bits per heavy atom. The van der Waals surface area contributed by atoms with Crippen LogP contribution in [0.4, 0.5) is 0 Å². The second-order valence-corrected chi connectivity index (χ2v) is 20.2. The summed E-state index contributed by atoms with van der Waals surface area (Å²) < 4.78 is 6.90. The van der Waals surface area contributed by atoms with Crippen LogP contribution < -0.4 is 0 Å². The van der Waals surface area contributed by atoms with Gasteiger partial charge in [0.1, 0.15) is 10.5 Å². The number of hydrogen-bond donors (Lipinski definition) is 2. The molecule has 3 rings (SSSR count). The van der Waals surface area contributed by atoms with Crippen molar-refractivity contribution in [1.29, 1.82) is 0 Å². The van der Waals surface area contributed by atoms with Gasteiger partial charge in [0.2, 0.25) is 0 Å². The molecular weight excluding hydrogens is 529 g/mol. The Kier molecular flexibility index (Phi) is 10.6. The molecule has 0 aromatic heterocycles. The van der Waals surface area contributed by atoms with Crippen LogP contribution in [0.25, 0.3) is 0 Å². The molecule has 0 bridgehead atoms. The Labute approximate surface area is 251 Å². The quantitative estimate of drug-likeness (QED) is 0.129. The molecule has 0 heterocycles. The molecule has 3 nitrogen and oxygen atoms in total. The first kappa shape index (κ1) is 33.5. The predicted octanol–water partition coefficient (Wildman–Crippen LogP) is 9.10. The van der Waals surface area contributed by atoms with E-state index in [-0.39, 0.29) is 11.1 Å². The van der Waals surface area contributed by atoms with Crippen LogP contribution in [-0.4, -0.2) is 40.9 Å². The van der Waals surface area contributed by atoms with Crippen molar-refractivity contribution >= 4 is 20.1 Å². The van der Waals surface area contributed by atoms with Gasteiger partial charge in [0, 0.05) is 12.8 Å². The molecule has 0 aromatic rings. The van der Waals surface area contributed by atoms with Gasteiger partial charge in [-0.25, -0.2) is 0 Å². The molecule has 3 aliphatic rings. The highest BCUT2D eigenvalue weighted by molar-refractivity contribution is 8.00. The maximum absolute atomic E-state index is 11.9. The number of hydrogen-bond acceptors (Lipinski definition) is 4. The highest BCUT2D eigenvalue weighted by Gasteiger charge is 2.46. The fourth-order valence-corrected chi connectivity index (χ4v) is 8.71. The molecule has 224 valence electrons. The first-order valence-corrected chi connectivity index (χ1v) is 19.5.